The summed E-state index contributed by atoms with van der Waals surface area (Å²) in [7, 11) is 0. The number of halogens is 1. The fourth-order valence-electron chi connectivity index (χ4n) is 2.79. The summed E-state index contributed by atoms with van der Waals surface area (Å²) in [6, 6.07) is 17.8. The van der Waals surface area contributed by atoms with Crippen LogP contribution in [-0.2, 0) is 17.8 Å². The first-order valence-electron chi connectivity index (χ1n) is 8.16. The van der Waals surface area contributed by atoms with Crippen LogP contribution in [-0.4, -0.2) is 15.7 Å². The number of para-hydroxylation sites is 1. The van der Waals surface area contributed by atoms with E-state index in [1.165, 1.54) is 0 Å². The number of rotatable bonds is 5. The van der Waals surface area contributed by atoms with Gasteiger partial charge in [0.15, 0.2) is 0 Å². The van der Waals surface area contributed by atoms with Gasteiger partial charge in [0, 0.05) is 22.3 Å². The highest BCUT2D eigenvalue weighted by molar-refractivity contribution is 9.10. The van der Waals surface area contributed by atoms with Crippen LogP contribution in [0.1, 0.15) is 22.5 Å². The Kier molecular flexibility index (Phi) is 5.34. The van der Waals surface area contributed by atoms with Gasteiger partial charge in [0.05, 0.1) is 17.8 Å². The molecule has 1 heterocycles. The molecule has 1 aromatic heterocycles. The second kappa shape index (κ2) is 7.66. The molecule has 0 saturated carbocycles. The van der Waals surface area contributed by atoms with Gasteiger partial charge in [0.25, 0.3) is 0 Å². The van der Waals surface area contributed by atoms with Crippen molar-refractivity contribution in [3.8, 4) is 5.69 Å². The van der Waals surface area contributed by atoms with Crippen LogP contribution in [0.4, 0.5) is 0 Å². The molecule has 1 N–H and O–H groups in total. The van der Waals surface area contributed by atoms with Crippen molar-refractivity contribution in [1.82, 2.24) is 15.1 Å². The minimum atomic E-state index is 0.00795. The molecule has 0 aliphatic carbocycles. The van der Waals surface area contributed by atoms with E-state index in [0.29, 0.717) is 13.0 Å². The molecule has 2 aromatic carbocycles. The van der Waals surface area contributed by atoms with Gasteiger partial charge in [-0.2, -0.15) is 5.10 Å². The van der Waals surface area contributed by atoms with Crippen molar-refractivity contribution in [2.24, 2.45) is 0 Å². The molecule has 4 nitrogen and oxygen atoms in total. The second-order valence-corrected chi connectivity index (χ2v) is 6.89. The summed E-state index contributed by atoms with van der Waals surface area (Å²) in [5, 5.41) is 7.62. The predicted octanol–water partition coefficient (Wildman–Crippen LogP) is 4.11. The Bertz CT molecular complexity index is 870. The van der Waals surface area contributed by atoms with Gasteiger partial charge >= 0.3 is 0 Å². The Labute approximate surface area is 156 Å². The summed E-state index contributed by atoms with van der Waals surface area (Å²) >= 11 is 3.40. The Balaban J connectivity index is 1.68. The average Bonchev–Trinajstić information content (AvgIpc) is 2.90. The van der Waals surface area contributed by atoms with Crippen LogP contribution >= 0.6 is 15.9 Å². The first-order valence-corrected chi connectivity index (χ1v) is 8.95. The van der Waals surface area contributed by atoms with Gasteiger partial charge in [-0.05, 0) is 43.7 Å². The van der Waals surface area contributed by atoms with E-state index >= 15 is 0 Å². The van der Waals surface area contributed by atoms with E-state index in [0.717, 1.165) is 32.7 Å². The zero-order valence-electron chi connectivity index (χ0n) is 14.3. The molecule has 1 amide bonds. The fourth-order valence-corrected chi connectivity index (χ4v) is 3.05. The third kappa shape index (κ3) is 4.17. The van der Waals surface area contributed by atoms with Crippen LogP contribution in [0.5, 0.6) is 0 Å². The van der Waals surface area contributed by atoms with Crippen LogP contribution in [0.15, 0.2) is 59.1 Å². The van der Waals surface area contributed by atoms with Crippen LogP contribution in [0, 0.1) is 13.8 Å². The molecule has 0 bridgehead atoms. The zero-order chi connectivity index (χ0) is 17.8. The molecular weight excluding hydrogens is 378 g/mol. The Hall–Kier alpha value is -2.40. The number of hydrogen-bond donors (Lipinski definition) is 1. The number of aryl methyl sites for hydroxylation is 1. The van der Waals surface area contributed by atoms with Crippen LogP contribution in [0.25, 0.3) is 5.69 Å². The minimum absolute atomic E-state index is 0.00795. The van der Waals surface area contributed by atoms with Gasteiger partial charge in [0.1, 0.15) is 0 Å². The molecule has 128 valence electrons. The van der Waals surface area contributed by atoms with Gasteiger partial charge in [0.2, 0.25) is 5.91 Å². The van der Waals surface area contributed by atoms with Crippen molar-refractivity contribution >= 4 is 21.8 Å². The summed E-state index contributed by atoms with van der Waals surface area (Å²) in [6.07, 6.45) is 0.373. The summed E-state index contributed by atoms with van der Waals surface area (Å²) in [4.78, 5) is 12.2. The van der Waals surface area contributed by atoms with Crippen molar-refractivity contribution in [2.45, 2.75) is 26.8 Å². The van der Waals surface area contributed by atoms with E-state index in [1.807, 2.05) is 73.1 Å². The number of benzene rings is 2. The first-order chi connectivity index (χ1) is 12.0. The summed E-state index contributed by atoms with van der Waals surface area (Å²) in [5.74, 6) is 0.00795. The van der Waals surface area contributed by atoms with E-state index in [2.05, 4.69) is 26.3 Å². The number of carbonyl (C=O) groups excluding carboxylic acids is 1. The summed E-state index contributed by atoms with van der Waals surface area (Å²) in [6.45, 7) is 4.49. The molecule has 25 heavy (non-hydrogen) atoms. The predicted molar refractivity (Wildman–Crippen MR) is 103 cm³/mol. The third-order valence-electron chi connectivity index (χ3n) is 4.18. The highest BCUT2D eigenvalue weighted by Crippen LogP contribution is 2.17. The quantitative estimate of drug-likeness (QED) is 0.703. The summed E-state index contributed by atoms with van der Waals surface area (Å²) < 4.78 is 2.93. The van der Waals surface area contributed by atoms with Crippen molar-refractivity contribution in [2.75, 3.05) is 0 Å². The van der Waals surface area contributed by atoms with Crippen LogP contribution < -0.4 is 5.32 Å². The molecule has 5 heteroatoms. The molecule has 0 radical (unpaired) electrons. The monoisotopic (exact) mass is 397 g/mol. The Morgan fingerprint density at radius 2 is 1.76 bits per heavy atom. The molecule has 3 aromatic rings. The molecule has 0 aliphatic rings. The lowest BCUT2D eigenvalue weighted by molar-refractivity contribution is -0.120. The highest BCUT2D eigenvalue weighted by Gasteiger charge is 2.13. The molecule has 0 atom stereocenters. The topological polar surface area (TPSA) is 46.9 Å². The third-order valence-corrected chi connectivity index (χ3v) is 4.71. The Morgan fingerprint density at radius 1 is 1.08 bits per heavy atom. The van der Waals surface area contributed by atoms with Crippen molar-refractivity contribution in [1.29, 1.82) is 0 Å². The van der Waals surface area contributed by atoms with Gasteiger partial charge in [-0.15, -0.1) is 0 Å². The molecule has 0 aliphatic heterocycles. The van der Waals surface area contributed by atoms with Crippen LogP contribution in [0.2, 0.25) is 0 Å². The standard InChI is InChI=1S/C20H20BrN3O/c1-14-19(15(2)24(23-14)18-6-4-3-5-7-18)13-22-20(25)12-16-8-10-17(21)11-9-16/h3-11H,12-13H2,1-2H3,(H,22,25). The lowest BCUT2D eigenvalue weighted by Gasteiger charge is -2.07. The molecule has 3 rings (SSSR count). The lowest BCUT2D eigenvalue weighted by atomic mass is 10.1. The maximum atomic E-state index is 12.2. The van der Waals surface area contributed by atoms with Gasteiger partial charge in [-0.25, -0.2) is 4.68 Å². The van der Waals surface area contributed by atoms with Gasteiger partial charge in [-0.1, -0.05) is 46.3 Å². The number of nitrogens with one attached hydrogen (secondary N) is 1. The minimum Gasteiger partial charge on any atom is -0.352 e. The number of aromatic nitrogens is 2. The van der Waals surface area contributed by atoms with Crippen molar-refractivity contribution < 1.29 is 4.79 Å². The molecule has 0 saturated heterocycles. The van der Waals surface area contributed by atoms with E-state index < -0.39 is 0 Å². The van der Waals surface area contributed by atoms with E-state index in [1.54, 1.807) is 0 Å². The van der Waals surface area contributed by atoms with Crippen molar-refractivity contribution in [3.05, 3.63) is 81.6 Å². The lowest BCUT2D eigenvalue weighted by Crippen LogP contribution is -2.25. The van der Waals surface area contributed by atoms with Gasteiger partial charge < -0.3 is 5.32 Å². The number of carbonyl (C=O) groups is 1. The molecular formula is C20H20BrN3O. The maximum Gasteiger partial charge on any atom is 0.224 e. The van der Waals surface area contributed by atoms with E-state index in [4.69, 9.17) is 0 Å². The number of hydrogen-bond acceptors (Lipinski definition) is 2. The van der Waals surface area contributed by atoms with Crippen LogP contribution in [0.3, 0.4) is 0 Å². The fraction of sp³-hybridized carbons (Fsp3) is 0.200. The summed E-state index contributed by atoms with van der Waals surface area (Å²) in [5.41, 5.74) is 5.07. The Morgan fingerprint density at radius 3 is 2.44 bits per heavy atom. The van der Waals surface area contributed by atoms with Crippen molar-refractivity contribution in [3.63, 3.8) is 0 Å². The first kappa shape index (κ1) is 17.4. The molecule has 0 fully saturated rings. The number of nitrogens with zero attached hydrogens (tertiary/aromatic N) is 2. The average molecular weight is 398 g/mol. The number of amides is 1. The largest absolute Gasteiger partial charge is 0.352 e. The molecule has 0 unspecified atom stereocenters. The van der Waals surface area contributed by atoms with Gasteiger partial charge in [-0.3, -0.25) is 4.79 Å². The smallest absolute Gasteiger partial charge is 0.224 e. The second-order valence-electron chi connectivity index (χ2n) is 5.98. The molecule has 0 spiro atoms. The zero-order valence-corrected chi connectivity index (χ0v) is 15.9. The SMILES string of the molecule is Cc1nn(-c2ccccc2)c(C)c1CNC(=O)Cc1ccc(Br)cc1. The van der Waals surface area contributed by atoms with E-state index in [9.17, 15) is 4.79 Å². The normalized spacial score (nSPS) is 10.7. The van der Waals surface area contributed by atoms with E-state index in [-0.39, 0.29) is 5.91 Å². The highest BCUT2D eigenvalue weighted by atomic mass is 79.9. The maximum absolute atomic E-state index is 12.2.